The molecule has 2 aromatic rings. The van der Waals surface area contributed by atoms with E-state index in [1.54, 1.807) is 36.4 Å². The van der Waals surface area contributed by atoms with E-state index >= 15 is 0 Å². The maximum Gasteiger partial charge on any atom is 0.187 e. The first-order chi connectivity index (χ1) is 6.45. The normalized spacial score (nSPS) is 10.2. The highest BCUT2D eigenvalue weighted by Crippen LogP contribution is 2.15. The van der Waals surface area contributed by atoms with Crippen molar-refractivity contribution in [2.24, 2.45) is 0 Å². The highest BCUT2D eigenvalue weighted by Gasteiger charge is 1.98. The molecule has 0 radical (unpaired) electrons. The molecule has 2 heterocycles. The molecule has 2 aromatic heterocycles. The summed E-state index contributed by atoms with van der Waals surface area (Å²) in [6.45, 7) is 0. The summed E-state index contributed by atoms with van der Waals surface area (Å²) in [5.74, 6) is 1.72. The van der Waals surface area contributed by atoms with Gasteiger partial charge in [0.05, 0.1) is 5.75 Å². The molecule has 0 saturated carbocycles. The maximum absolute atomic E-state index is 4.10. The van der Waals surface area contributed by atoms with E-state index in [1.807, 2.05) is 6.20 Å². The van der Waals surface area contributed by atoms with Gasteiger partial charge in [-0.25, -0.2) is 15.0 Å². The van der Waals surface area contributed by atoms with E-state index in [0.717, 1.165) is 16.7 Å². The minimum atomic E-state index is 0.775. The largest absolute Gasteiger partial charge is 0.348 e. The zero-order chi connectivity index (χ0) is 8.93. The van der Waals surface area contributed by atoms with Crippen LogP contribution in [0.2, 0.25) is 0 Å². The number of aromatic amines is 1. The van der Waals surface area contributed by atoms with Crippen LogP contribution in [-0.4, -0.2) is 19.9 Å². The molecule has 4 nitrogen and oxygen atoms in total. The number of nitrogens with one attached hydrogen (secondary N) is 1. The molecule has 1 N–H and O–H groups in total. The second-order valence-electron chi connectivity index (χ2n) is 2.36. The first kappa shape index (κ1) is 8.25. The van der Waals surface area contributed by atoms with E-state index in [2.05, 4.69) is 19.9 Å². The first-order valence-electron chi connectivity index (χ1n) is 3.83. The molecule has 0 amide bonds. The Bertz CT molecular complexity index is 346. The van der Waals surface area contributed by atoms with Crippen LogP contribution in [0, 0.1) is 0 Å². The molecule has 0 unspecified atom stereocenters. The summed E-state index contributed by atoms with van der Waals surface area (Å²) in [4.78, 5) is 15.3. The van der Waals surface area contributed by atoms with Crippen LogP contribution in [0.1, 0.15) is 5.82 Å². The van der Waals surface area contributed by atoms with Crippen molar-refractivity contribution in [2.45, 2.75) is 10.9 Å². The summed E-state index contributed by atoms with van der Waals surface area (Å²) in [6.07, 6.45) is 7.01. The summed E-state index contributed by atoms with van der Waals surface area (Å²) in [6, 6.07) is 1.80. The molecule has 0 aliphatic carbocycles. The van der Waals surface area contributed by atoms with Crippen molar-refractivity contribution in [3.63, 3.8) is 0 Å². The number of aromatic nitrogens is 4. The minimum absolute atomic E-state index is 0.775. The van der Waals surface area contributed by atoms with Crippen LogP contribution in [0.15, 0.2) is 36.0 Å². The third-order valence-electron chi connectivity index (χ3n) is 1.43. The second-order valence-corrected chi connectivity index (χ2v) is 3.30. The summed E-state index contributed by atoms with van der Waals surface area (Å²) in [5, 5.41) is 0.777. The van der Waals surface area contributed by atoms with Crippen LogP contribution in [0.4, 0.5) is 0 Å². The number of nitrogens with zero attached hydrogens (tertiary/aromatic N) is 3. The van der Waals surface area contributed by atoms with Gasteiger partial charge in [-0.05, 0) is 6.07 Å². The summed E-state index contributed by atoms with van der Waals surface area (Å²) in [5.41, 5.74) is 0. The monoisotopic (exact) mass is 192 g/mol. The van der Waals surface area contributed by atoms with E-state index in [0.29, 0.717) is 0 Å². The van der Waals surface area contributed by atoms with Crippen molar-refractivity contribution in [1.29, 1.82) is 0 Å². The summed E-state index contributed by atoms with van der Waals surface area (Å²) in [7, 11) is 0. The van der Waals surface area contributed by atoms with Gasteiger partial charge in [-0.1, -0.05) is 11.8 Å². The SMILES string of the molecule is c1cnc(SCc2ncc[nH]2)nc1. The van der Waals surface area contributed by atoms with Crippen LogP contribution in [0.3, 0.4) is 0 Å². The standard InChI is InChI=1S/C8H8N4S/c1-2-11-8(12-3-1)13-6-7-9-4-5-10-7/h1-5H,6H2,(H,9,10). The Morgan fingerprint density at radius 3 is 2.69 bits per heavy atom. The zero-order valence-electron chi connectivity index (χ0n) is 6.84. The smallest absolute Gasteiger partial charge is 0.187 e. The fourth-order valence-corrected chi connectivity index (χ4v) is 1.56. The van der Waals surface area contributed by atoms with Crippen molar-refractivity contribution >= 4 is 11.8 Å². The maximum atomic E-state index is 4.10. The first-order valence-corrected chi connectivity index (χ1v) is 4.82. The Balaban J connectivity index is 1.94. The van der Waals surface area contributed by atoms with E-state index in [9.17, 15) is 0 Å². The molecule has 0 atom stereocenters. The van der Waals surface area contributed by atoms with Gasteiger partial charge in [-0.3, -0.25) is 0 Å². The van der Waals surface area contributed by atoms with Crippen molar-refractivity contribution in [3.05, 3.63) is 36.7 Å². The molecule has 0 aliphatic rings. The number of imidazole rings is 1. The fraction of sp³-hybridized carbons (Fsp3) is 0.125. The third kappa shape index (κ3) is 2.29. The Morgan fingerprint density at radius 2 is 2.00 bits per heavy atom. The molecule has 13 heavy (non-hydrogen) atoms. The predicted molar refractivity (Wildman–Crippen MR) is 50.2 cm³/mol. The van der Waals surface area contributed by atoms with E-state index < -0.39 is 0 Å². The highest BCUT2D eigenvalue weighted by molar-refractivity contribution is 7.98. The summed E-state index contributed by atoms with van der Waals surface area (Å²) >= 11 is 1.56. The number of thioether (sulfide) groups is 1. The highest BCUT2D eigenvalue weighted by atomic mass is 32.2. The van der Waals surface area contributed by atoms with Gasteiger partial charge in [0.2, 0.25) is 0 Å². The van der Waals surface area contributed by atoms with Crippen molar-refractivity contribution < 1.29 is 0 Å². The molecule has 2 rings (SSSR count). The van der Waals surface area contributed by atoms with Crippen molar-refractivity contribution in [3.8, 4) is 0 Å². The Kier molecular flexibility index (Phi) is 2.56. The molecule has 5 heteroatoms. The Hall–Kier alpha value is -1.36. The van der Waals surface area contributed by atoms with Crippen LogP contribution >= 0.6 is 11.8 Å². The van der Waals surface area contributed by atoms with Crippen LogP contribution in [0.25, 0.3) is 0 Å². The molecular formula is C8H8N4S. The average molecular weight is 192 g/mol. The average Bonchev–Trinajstić information content (AvgIpc) is 2.69. The molecule has 66 valence electrons. The second kappa shape index (κ2) is 4.04. The predicted octanol–water partition coefficient (Wildman–Crippen LogP) is 1.49. The van der Waals surface area contributed by atoms with Gasteiger partial charge < -0.3 is 4.98 Å². The van der Waals surface area contributed by atoms with Crippen LogP contribution < -0.4 is 0 Å². The van der Waals surface area contributed by atoms with E-state index in [4.69, 9.17) is 0 Å². The quantitative estimate of drug-likeness (QED) is 0.591. The fourth-order valence-electron chi connectivity index (χ4n) is 0.870. The van der Waals surface area contributed by atoms with E-state index in [1.165, 1.54) is 0 Å². The molecule has 0 saturated heterocycles. The number of hydrogen-bond acceptors (Lipinski definition) is 4. The van der Waals surface area contributed by atoms with Crippen LogP contribution in [-0.2, 0) is 5.75 Å². The lowest BCUT2D eigenvalue weighted by Gasteiger charge is -1.95. The lowest BCUT2D eigenvalue weighted by atomic mass is 10.7. The number of hydrogen-bond donors (Lipinski definition) is 1. The zero-order valence-corrected chi connectivity index (χ0v) is 7.66. The van der Waals surface area contributed by atoms with E-state index in [-0.39, 0.29) is 0 Å². The lowest BCUT2D eigenvalue weighted by molar-refractivity contribution is 0.962. The van der Waals surface area contributed by atoms with Crippen LogP contribution in [0.5, 0.6) is 0 Å². The molecular weight excluding hydrogens is 184 g/mol. The van der Waals surface area contributed by atoms with Gasteiger partial charge in [-0.15, -0.1) is 0 Å². The molecule has 0 aromatic carbocycles. The Labute approximate surface area is 79.8 Å². The summed E-state index contributed by atoms with van der Waals surface area (Å²) < 4.78 is 0. The number of rotatable bonds is 3. The van der Waals surface area contributed by atoms with Crippen molar-refractivity contribution in [1.82, 2.24) is 19.9 Å². The molecule has 0 fully saturated rings. The van der Waals surface area contributed by atoms with Gasteiger partial charge in [0.1, 0.15) is 5.82 Å². The van der Waals surface area contributed by atoms with Gasteiger partial charge in [0, 0.05) is 24.8 Å². The van der Waals surface area contributed by atoms with Gasteiger partial charge in [0.15, 0.2) is 5.16 Å². The number of H-pyrrole nitrogens is 1. The van der Waals surface area contributed by atoms with Gasteiger partial charge in [0.25, 0.3) is 0 Å². The van der Waals surface area contributed by atoms with Gasteiger partial charge >= 0.3 is 0 Å². The minimum Gasteiger partial charge on any atom is -0.348 e. The topological polar surface area (TPSA) is 54.5 Å². The van der Waals surface area contributed by atoms with Gasteiger partial charge in [-0.2, -0.15) is 0 Å². The molecule has 0 spiro atoms. The third-order valence-corrected chi connectivity index (χ3v) is 2.32. The lowest BCUT2D eigenvalue weighted by Crippen LogP contribution is -1.87. The molecule has 0 bridgehead atoms. The Morgan fingerprint density at radius 1 is 1.15 bits per heavy atom. The molecule has 0 aliphatic heterocycles. The van der Waals surface area contributed by atoms with Crippen molar-refractivity contribution in [2.75, 3.05) is 0 Å².